The summed E-state index contributed by atoms with van der Waals surface area (Å²) >= 11 is 0. The number of hydrogen-bond acceptors (Lipinski definition) is 5. The Morgan fingerprint density at radius 1 is 0.810 bits per heavy atom. The largest absolute Gasteiger partial charge is 0.478 e. The molecular formula is C14H6O7. The molecule has 0 radical (unpaired) electrons. The van der Waals surface area contributed by atoms with Crippen LogP contribution in [-0.2, 0) is 4.74 Å². The van der Waals surface area contributed by atoms with Crippen molar-refractivity contribution < 1.29 is 34.1 Å². The van der Waals surface area contributed by atoms with Crippen LogP contribution >= 0.6 is 0 Å². The van der Waals surface area contributed by atoms with E-state index < -0.39 is 40.6 Å². The first-order valence-corrected chi connectivity index (χ1v) is 5.75. The van der Waals surface area contributed by atoms with E-state index in [1.54, 1.807) is 6.07 Å². The van der Waals surface area contributed by atoms with Gasteiger partial charge in [0, 0.05) is 0 Å². The quantitative estimate of drug-likeness (QED) is 0.635. The maximum absolute atomic E-state index is 11.8. The number of aromatic carboxylic acids is 2. The van der Waals surface area contributed by atoms with E-state index in [-0.39, 0.29) is 16.3 Å². The summed E-state index contributed by atoms with van der Waals surface area (Å²) in [6.07, 6.45) is 0. The summed E-state index contributed by atoms with van der Waals surface area (Å²) < 4.78 is 4.43. The maximum Gasteiger partial charge on any atom is 0.347 e. The topological polar surface area (TPSA) is 118 Å². The van der Waals surface area contributed by atoms with Crippen molar-refractivity contribution in [1.29, 1.82) is 0 Å². The van der Waals surface area contributed by atoms with Gasteiger partial charge < -0.3 is 14.9 Å². The second-order valence-corrected chi connectivity index (χ2v) is 4.33. The number of carbonyl (C=O) groups is 4. The molecule has 0 bridgehead atoms. The molecular weight excluding hydrogens is 280 g/mol. The van der Waals surface area contributed by atoms with E-state index >= 15 is 0 Å². The smallest absolute Gasteiger partial charge is 0.347 e. The maximum atomic E-state index is 11.8. The zero-order chi connectivity index (χ0) is 15.3. The summed E-state index contributed by atoms with van der Waals surface area (Å²) in [5.74, 6) is -5.24. The molecule has 3 rings (SSSR count). The molecule has 2 aromatic carbocycles. The fraction of sp³-hybridized carbons (Fsp3) is 0. The lowest BCUT2D eigenvalue weighted by molar-refractivity contribution is 0.0440. The van der Waals surface area contributed by atoms with Crippen LogP contribution in [0.25, 0.3) is 10.8 Å². The van der Waals surface area contributed by atoms with Gasteiger partial charge in [0.15, 0.2) is 0 Å². The molecule has 2 aromatic rings. The second kappa shape index (κ2) is 4.14. The molecule has 0 saturated carbocycles. The minimum atomic E-state index is -1.61. The van der Waals surface area contributed by atoms with E-state index in [9.17, 15) is 29.4 Å². The molecule has 1 aliphatic rings. The highest BCUT2D eigenvalue weighted by Crippen LogP contribution is 2.35. The van der Waals surface area contributed by atoms with E-state index in [0.29, 0.717) is 0 Å². The first-order valence-electron chi connectivity index (χ1n) is 5.75. The van der Waals surface area contributed by atoms with E-state index in [1.165, 1.54) is 18.2 Å². The van der Waals surface area contributed by atoms with Crippen molar-refractivity contribution in [3.8, 4) is 0 Å². The van der Waals surface area contributed by atoms with Crippen molar-refractivity contribution in [3.63, 3.8) is 0 Å². The summed E-state index contributed by atoms with van der Waals surface area (Å²) in [5, 5.41) is 18.8. The van der Waals surface area contributed by atoms with Crippen molar-refractivity contribution in [2.45, 2.75) is 0 Å². The molecule has 0 fully saturated rings. The van der Waals surface area contributed by atoms with Crippen LogP contribution in [-0.4, -0.2) is 34.1 Å². The first-order chi connectivity index (χ1) is 9.93. The van der Waals surface area contributed by atoms with E-state index in [1.807, 2.05) is 0 Å². The van der Waals surface area contributed by atoms with Crippen LogP contribution in [0.3, 0.4) is 0 Å². The van der Waals surface area contributed by atoms with Crippen LogP contribution < -0.4 is 0 Å². The molecule has 0 spiro atoms. The van der Waals surface area contributed by atoms with Crippen molar-refractivity contribution in [2.75, 3.05) is 0 Å². The monoisotopic (exact) mass is 286 g/mol. The molecule has 1 heterocycles. The highest BCUT2D eigenvalue weighted by atomic mass is 16.6. The molecule has 2 N–H and O–H groups in total. The Kier molecular flexibility index (Phi) is 2.52. The molecule has 0 aromatic heterocycles. The highest BCUT2D eigenvalue weighted by Gasteiger charge is 2.39. The lowest BCUT2D eigenvalue weighted by Gasteiger charge is -2.10. The minimum Gasteiger partial charge on any atom is -0.478 e. The molecule has 0 amide bonds. The van der Waals surface area contributed by atoms with E-state index in [4.69, 9.17) is 0 Å². The molecule has 0 saturated heterocycles. The fourth-order valence-electron chi connectivity index (χ4n) is 2.48. The van der Waals surface area contributed by atoms with Gasteiger partial charge in [0.2, 0.25) is 0 Å². The van der Waals surface area contributed by atoms with Crippen LogP contribution in [0.2, 0.25) is 0 Å². The zero-order valence-corrected chi connectivity index (χ0v) is 10.2. The number of esters is 2. The van der Waals surface area contributed by atoms with Gasteiger partial charge in [-0.2, -0.15) is 0 Å². The molecule has 0 unspecified atom stereocenters. The lowest BCUT2D eigenvalue weighted by atomic mass is 9.90. The van der Waals surface area contributed by atoms with Gasteiger partial charge in [-0.15, -0.1) is 0 Å². The normalized spacial score (nSPS) is 13.1. The lowest BCUT2D eigenvalue weighted by Crippen LogP contribution is -2.15. The van der Waals surface area contributed by atoms with Crippen molar-refractivity contribution in [3.05, 3.63) is 46.5 Å². The molecule has 104 valence electrons. The number of hydrogen-bond donors (Lipinski definition) is 2. The van der Waals surface area contributed by atoms with Gasteiger partial charge in [-0.3, -0.25) is 0 Å². The number of ether oxygens (including phenoxy) is 1. The molecule has 0 atom stereocenters. The third-order valence-electron chi connectivity index (χ3n) is 3.24. The van der Waals surface area contributed by atoms with E-state index in [2.05, 4.69) is 4.74 Å². The number of rotatable bonds is 2. The van der Waals surface area contributed by atoms with Gasteiger partial charge in [0.05, 0.1) is 22.3 Å². The van der Waals surface area contributed by atoms with Crippen molar-refractivity contribution in [2.24, 2.45) is 0 Å². The number of carbonyl (C=O) groups excluding carboxylic acids is 2. The third-order valence-corrected chi connectivity index (χ3v) is 3.24. The zero-order valence-electron chi connectivity index (χ0n) is 10.2. The Balaban J connectivity index is 2.65. The average Bonchev–Trinajstić information content (AvgIpc) is 2.72. The molecule has 7 nitrogen and oxygen atoms in total. The Bertz CT molecular complexity index is 863. The average molecular weight is 286 g/mol. The third kappa shape index (κ3) is 1.61. The van der Waals surface area contributed by atoms with Gasteiger partial charge in [0.1, 0.15) is 0 Å². The SMILES string of the molecule is O=C(O)c1c2c(c3ccccc3c1C(=O)O)C(=O)OC2=O. The van der Waals surface area contributed by atoms with Crippen LogP contribution in [0.15, 0.2) is 24.3 Å². The number of benzene rings is 2. The van der Waals surface area contributed by atoms with Crippen LogP contribution in [0.4, 0.5) is 0 Å². The van der Waals surface area contributed by atoms with E-state index in [0.717, 1.165) is 0 Å². The van der Waals surface area contributed by atoms with Gasteiger partial charge in [0.25, 0.3) is 0 Å². The predicted octanol–water partition coefficient (Wildman–Crippen LogP) is 1.55. The number of carboxylic acid groups (broad SMARTS) is 2. The van der Waals surface area contributed by atoms with Gasteiger partial charge >= 0.3 is 23.9 Å². The molecule has 1 aliphatic heterocycles. The van der Waals surface area contributed by atoms with Crippen LogP contribution in [0, 0.1) is 0 Å². The van der Waals surface area contributed by atoms with Gasteiger partial charge in [-0.25, -0.2) is 19.2 Å². The molecule has 21 heavy (non-hydrogen) atoms. The standard InChI is InChI=1S/C14H6O7/c15-11(16)7-5-3-1-2-4-6(5)8-10(9(7)12(17)18)14(20)21-13(8)19/h1-4H,(H,15,16)(H,17,18). The van der Waals surface area contributed by atoms with Gasteiger partial charge in [-0.05, 0) is 10.8 Å². The van der Waals surface area contributed by atoms with Crippen molar-refractivity contribution in [1.82, 2.24) is 0 Å². The minimum absolute atomic E-state index is 0.0628. The number of fused-ring (bicyclic) bond motifs is 3. The fourth-order valence-corrected chi connectivity index (χ4v) is 2.48. The Labute approximate surface area is 116 Å². The first kappa shape index (κ1) is 12.8. The highest BCUT2D eigenvalue weighted by molar-refractivity contribution is 6.28. The number of carboxylic acids is 2. The van der Waals surface area contributed by atoms with Crippen LogP contribution in [0.5, 0.6) is 0 Å². The summed E-state index contributed by atoms with van der Waals surface area (Å²) in [6.45, 7) is 0. The molecule has 0 aliphatic carbocycles. The second-order valence-electron chi connectivity index (χ2n) is 4.33. The predicted molar refractivity (Wildman–Crippen MR) is 67.6 cm³/mol. The Morgan fingerprint density at radius 2 is 1.33 bits per heavy atom. The van der Waals surface area contributed by atoms with Crippen molar-refractivity contribution >= 4 is 34.6 Å². The number of cyclic esters (lactones) is 2. The van der Waals surface area contributed by atoms with Crippen LogP contribution in [0.1, 0.15) is 41.4 Å². The Hall–Kier alpha value is -3.22. The van der Waals surface area contributed by atoms with Gasteiger partial charge in [-0.1, -0.05) is 24.3 Å². The summed E-state index contributed by atoms with van der Waals surface area (Å²) in [7, 11) is 0. The summed E-state index contributed by atoms with van der Waals surface area (Å²) in [6, 6.07) is 5.87. The Morgan fingerprint density at radius 3 is 1.90 bits per heavy atom. The summed E-state index contributed by atoms with van der Waals surface area (Å²) in [5.41, 5.74) is -1.99. The summed E-state index contributed by atoms with van der Waals surface area (Å²) in [4.78, 5) is 46.3. The molecule has 7 heteroatoms.